The van der Waals surface area contributed by atoms with E-state index in [0.29, 0.717) is 17.7 Å². The zero-order valence-electron chi connectivity index (χ0n) is 8.13. The largest absolute Gasteiger partial charge is 0.772 e. The minimum absolute atomic E-state index is 0.0323. The highest BCUT2D eigenvalue weighted by atomic mass is 32.2. The van der Waals surface area contributed by atoms with Gasteiger partial charge in [0.2, 0.25) is 0 Å². The van der Waals surface area contributed by atoms with Crippen LogP contribution < -0.4 is 0 Å². The Bertz CT molecular complexity index is 363. The third-order valence-corrected chi connectivity index (χ3v) is 2.31. The van der Waals surface area contributed by atoms with E-state index in [1.54, 1.807) is 12.1 Å². The van der Waals surface area contributed by atoms with Gasteiger partial charge in [-0.2, -0.15) is 0 Å². The second-order valence-electron chi connectivity index (χ2n) is 2.79. The van der Waals surface area contributed by atoms with Gasteiger partial charge in [-0.15, -0.1) is 0 Å². The molecule has 82 valence electrons. The average molecular weight is 228 g/mol. The van der Waals surface area contributed by atoms with Crippen LogP contribution in [-0.2, 0) is 22.2 Å². The summed E-state index contributed by atoms with van der Waals surface area (Å²) in [4.78, 5) is 15.0. The summed E-state index contributed by atoms with van der Waals surface area (Å²) < 4.78 is 25.1. The molecular formula is C9H10NO4S-. The third-order valence-electron chi connectivity index (χ3n) is 1.77. The van der Waals surface area contributed by atoms with Gasteiger partial charge in [-0.05, 0) is 12.1 Å². The first kappa shape index (κ1) is 11.8. The van der Waals surface area contributed by atoms with Gasteiger partial charge in [0.15, 0.2) is 0 Å². The zero-order valence-corrected chi connectivity index (χ0v) is 8.95. The summed E-state index contributed by atoms with van der Waals surface area (Å²) in [6.07, 6.45) is 1.71. The van der Waals surface area contributed by atoms with E-state index in [1.807, 2.05) is 0 Å². The van der Waals surface area contributed by atoms with Crippen LogP contribution in [0.4, 0.5) is 0 Å². The van der Waals surface area contributed by atoms with Gasteiger partial charge in [0, 0.05) is 24.1 Å². The number of carbonyl (C=O) groups is 1. The van der Waals surface area contributed by atoms with Crippen LogP contribution in [0.25, 0.3) is 0 Å². The van der Waals surface area contributed by atoms with Gasteiger partial charge in [-0.25, -0.2) is 4.79 Å². The van der Waals surface area contributed by atoms with Crippen LogP contribution in [0.2, 0.25) is 0 Å². The van der Waals surface area contributed by atoms with Gasteiger partial charge < -0.3 is 9.29 Å². The van der Waals surface area contributed by atoms with Crippen LogP contribution in [0.5, 0.6) is 0 Å². The lowest BCUT2D eigenvalue weighted by atomic mass is 10.2. The lowest BCUT2D eigenvalue weighted by Gasteiger charge is -2.04. The van der Waals surface area contributed by atoms with Crippen molar-refractivity contribution >= 4 is 17.0 Å². The smallest absolute Gasteiger partial charge is 0.339 e. The van der Waals surface area contributed by atoms with Crippen molar-refractivity contribution in [2.24, 2.45) is 0 Å². The van der Waals surface area contributed by atoms with Crippen molar-refractivity contribution in [1.82, 2.24) is 4.98 Å². The Morgan fingerprint density at radius 2 is 2.33 bits per heavy atom. The maximum Gasteiger partial charge on any atom is 0.339 e. The molecule has 0 aliphatic rings. The van der Waals surface area contributed by atoms with Crippen molar-refractivity contribution in [2.45, 2.75) is 6.42 Å². The van der Waals surface area contributed by atoms with E-state index in [0.717, 1.165) is 0 Å². The monoisotopic (exact) mass is 228 g/mol. The Balaban J connectivity index is 2.64. The Morgan fingerprint density at radius 3 is 2.80 bits per heavy atom. The van der Waals surface area contributed by atoms with Crippen LogP contribution in [0, 0.1) is 0 Å². The maximum atomic E-state index is 11.0. The lowest BCUT2D eigenvalue weighted by molar-refractivity contribution is 0.0600. The molecule has 1 aromatic heterocycles. The molecule has 1 heterocycles. The van der Waals surface area contributed by atoms with Crippen molar-refractivity contribution in [3.63, 3.8) is 0 Å². The molecule has 5 nitrogen and oxygen atoms in total. The van der Waals surface area contributed by atoms with Gasteiger partial charge in [-0.3, -0.25) is 9.19 Å². The molecular weight excluding hydrogens is 218 g/mol. The van der Waals surface area contributed by atoms with Crippen LogP contribution >= 0.6 is 0 Å². The Hall–Kier alpha value is -1.27. The summed E-state index contributed by atoms with van der Waals surface area (Å²) >= 11 is -2.06. The standard InChI is InChI=1S/C9H11NO4S/c1-14-9(11)7-2-3-8(10-6-7)4-5-15(12)13/h2-3,6H,4-5H2,1H3,(H,12,13)/p-1. The summed E-state index contributed by atoms with van der Waals surface area (Å²) in [6, 6.07) is 3.17. The van der Waals surface area contributed by atoms with E-state index in [2.05, 4.69) is 9.72 Å². The van der Waals surface area contributed by atoms with Crippen molar-refractivity contribution in [3.8, 4) is 0 Å². The predicted octanol–water partition coefficient (Wildman–Crippen LogP) is 0.290. The fourth-order valence-electron chi connectivity index (χ4n) is 0.999. The number of aromatic nitrogens is 1. The molecule has 15 heavy (non-hydrogen) atoms. The fourth-order valence-corrected chi connectivity index (χ4v) is 1.37. The molecule has 1 atom stereocenters. The van der Waals surface area contributed by atoms with Crippen molar-refractivity contribution in [3.05, 3.63) is 29.6 Å². The number of hydrogen-bond acceptors (Lipinski definition) is 5. The summed E-state index contributed by atoms with van der Waals surface area (Å²) in [5, 5.41) is 0. The number of rotatable bonds is 4. The fraction of sp³-hybridized carbons (Fsp3) is 0.333. The van der Waals surface area contributed by atoms with E-state index in [-0.39, 0.29) is 5.75 Å². The molecule has 6 heteroatoms. The molecule has 0 fully saturated rings. The van der Waals surface area contributed by atoms with Crippen LogP contribution in [0.1, 0.15) is 16.1 Å². The van der Waals surface area contributed by atoms with Gasteiger partial charge in [0.25, 0.3) is 0 Å². The SMILES string of the molecule is COC(=O)c1ccc(CCS(=O)[O-])nc1. The summed E-state index contributed by atoms with van der Waals surface area (Å²) in [7, 11) is 1.29. The van der Waals surface area contributed by atoms with Gasteiger partial charge >= 0.3 is 5.97 Å². The first-order valence-corrected chi connectivity index (χ1v) is 5.47. The highest BCUT2D eigenvalue weighted by Gasteiger charge is 2.04. The molecule has 0 saturated carbocycles. The lowest BCUT2D eigenvalue weighted by Crippen LogP contribution is -2.04. The van der Waals surface area contributed by atoms with Gasteiger partial charge in [-0.1, -0.05) is 11.1 Å². The normalized spacial score (nSPS) is 12.1. The van der Waals surface area contributed by atoms with E-state index >= 15 is 0 Å². The molecule has 0 aliphatic carbocycles. The van der Waals surface area contributed by atoms with Crippen molar-refractivity contribution < 1.29 is 18.3 Å². The second-order valence-corrected chi connectivity index (χ2v) is 3.80. The summed E-state index contributed by atoms with van der Waals surface area (Å²) in [6.45, 7) is 0. The molecule has 0 bridgehead atoms. The Kier molecular flexibility index (Phi) is 4.38. The minimum atomic E-state index is -2.06. The van der Waals surface area contributed by atoms with E-state index in [1.165, 1.54) is 13.3 Å². The highest BCUT2D eigenvalue weighted by Crippen LogP contribution is 2.02. The molecule has 0 N–H and O–H groups in total. The van der Waals surface area contributed by atoms with E-state index in [4.69, 9.17) is 0 Å². The quantitative estimate of drug-likeness (QED) is 0.546. The second kappa shape index (κ2) is 5.57. The first-order valence-electron chi connectivity index (χ1n) is 4.22. The molecule has 0 amide bonds. The molecule has 1 unspecified atom stereocenters. The topological polar surface area (TPSA) is 79.3 Å². The first-order chi connectivity index (χ1) is 7.13. The molecule has 0 aliphatic heterocycles. The van der Waals surface area contributed by atoms with Crippen LogP contribution in [-0.4, -0.2) is 32.6 Å². The third kappa shape index (κ3) is 3.77. The van der Waals surface area contributed by atoms with Crippen molar-refractivity contribution in [2.75, 3.05) is 12.9 Å². The van der Waals surface area contributed by atoms with E-state index < -0.39 is 17.0 Å². The molecule has 0 spiro atoms. The van der Waals surface area contributed by atoms with Gasteiger partial charge in [0.05, 0.1) is 12.7 Å². The maximum absolute atomic E-state index is 11.0. The number of pyridine rings is 1. The highest BCUT2D eigenvalue weighted by molar-refractivity contribution is 7.79. The van der Waals surface area contributed by atoms with E-state index in [9.17, 15) is 13.6 Å². The van der Waals surface area contributed by atoms with Gasteiger partial charge in [0.1, 0.15) is 0 Å². The number of aryl methyl sites for hydroxylation is 1. The number of methoxy groups -OCH3 is 1. The molecule has 0 saturated heterocycles. The van der Waals surface area contributed by atoms with Crippen LogP contribution in [0.15, 0.2) is 18.3 Å². The zero-order chi connectivity index (χ0) is 11.3. The molecule has 1 aromatic rings. The Morgan fingerprint density at radius 1 is 1.60 bits per heavy atom. The Labute approximate surface area is 89.8 Å². The summed E-state index contributed by atoms with van der Waals surface area (Å²) in [5.74, 6) is -0.425. The molecule has 1 rings (SSSR count). The minimum Gasteiger partial charge on any atom is -0.772 e. The number of nitrogens with zero attached hydrogens (tertiary/aromatic N) is 1. The predicted molar refractivity (Wildman–Crippen MR) is 53.1 cm³/mol. The van der Waals surface area contributed by atoms with Crippen molar-refractivity contribution in [1.29, 1.82) is 0 Å². The number of hydrogen-bond donors (Lipinski definition) is 0. The number of carbonyl (C=O) groups excluding carboxylic acids is 1. The number of ether oxygens (including phenoxy) is 1. The summed E-state index contributed by atoms with van der Waals surface area (Å²) in [5.41, 5.74) is 0.983. The molecule has 0 radical (unpaired) electrons. The number of esters is 1. The molecule has 0 aromatic carbocycles. The van der Waals surface area contributed by atoms with Crippen LogP contribution in [0.3, 0.4) is 0 Å². The average Bonchev–Trinajstić information content (AvgIpc) is 2.26.